The number of rotatable bonds is 4. The number of aliphatic carboxylic acids is 1. The van der Waals surface area contributed by atoms with Gasteiger partial charge in [0, 0.05) is 30.1 Å². The Labute approximate surface area is 188 Å². The van der Waals surface area contributed by atoms with E-state index in [1.165, 1.54) is 38.5 Å². The van der Waals surface area contributed by atoms with Crippen LogP contribution in [0.1, 0.15) is 17.5 Å². The van der Waals surface area contributed by atoms with Gasteiger partial charge in [0.1, 0.15) is 0 Å². The average molecular weight is 422 g/mol. The second-order valence-corrected chi connectivity index (χ2v) is 8.05. The van der Waals surface area contributed by atoms with Crippen molar-refractivity contribution in [3.63, 3.8) is 0 Å². The van der Waals surface area contributed by atoms with Crippen molar-refractivity contribution in [1.29, 1.82) is 0 Å². The molecular formula is C29H27NO2. The molecule has 0 radical (unpaired) electrons. The van der Waals surface area contributed by atoms with Crippen molar-refractivity contribution in [2.75, 3.05) is 0 Å². The largest absolute Gasteiger partial charge is 0.481 e. The number of carboxylic acid groups (broad SMARTS) is 1. The zero-order valence-corrected chi connectivity index (χ0v) is 18.5. The summed E-state index contributed by atoms with van der Waals surface area (Å²) in [7, 11) is 2.14. The highest BCUT2D eigenvalue weighted by Gasteiger charge is 2.09. The molecule has 3 heteroatoms. The third-order valence-corrected chi connectivity index (χ3v) is 5.77. The number of hydrogen-bond donors (Lipinski definition) is 1. The van der Waals surface area contributed by atoms with Crippen LogP contribution in [0, 0.1) is 6.92 Å². The highest BCUT2D eigenvalue weighted by atomic mass is 16.4. The summed E-state index contributed by atoms with van der Waals surface area (Å²) in [6.45, 7) is 2.01. The van der Waals surface area contributed by atoms with E-state index in [0.29, 0.717) is 6.42 Å². The lowest BCUT2D eigenvalue weighted by Crippen LogP contribution is -1.97. The Bertz CT molecular complexity index is 1350. The molecule has 0 fully saturated rings. The van der Waals surface area contributed by atoms with Gasteiger partial charge in [0.2, 0.25) is 0 Å². The van der Waals surface area contributed by atoms with Crippen molar-refractivity contribution < 1.29 is 9.90 Å². The summed E-state index contributed by atoms with van der Waals surface area (Å²) in [4.78, 5) is 10.2. The molecule has 32 heavy (non-hydrogen) atoms. The molecule has 1 aromatic heterocycles. The van der Waals surface area contributed by atoms with E-state index in [1.54, 1.807) is 0 Å². The molecule has 1 heterocycles. The Morgan fingerprint density at radius 1 is 0.812 bits per heavy atom. The maximum Gasteiger partial charge on any atom is 0.303 e. The first-order valence-corrected chi connectivity index (χ1v) is 10.8. The molecule has 0 bridgehead atoms. The van der Waals surface area contributed by atoms with E-state index in [0.717, 1.165) is 5.56 Å². The molecule has 0 spiro atoms. The Hall–Kier alpha value is -3.85. The fourth-order valence-electron chi connectivity index (χ4n) is 3.98. The van der Waals surface area contributed by atoms with Gasteiger partial charge in [-0.3, -0.25) is 4.79 Å². The summed E-state index contributed by atoms with van der Waals surface area (Å²) in [5.74, 6) is -0.740. The number of benzene rings is 4. The highest BCUT2D eigenvalue weighted by Crippen LogP contribution is 2.32. The van der Waals surface area contributed by atoms with Crippen LogP contribution in [0.3, 0.4) is 0 Å². The zero-order chi connectivity index (χ0) is 22.5. The quantitative estimate of drug-likeness (QED) is 0.339. The van der Waals surface area contributed by atoms with Crippen molar-refractivity contribution >= 4 is 27.6 Å². The van der Waals surface area contributed by atoms with Crippen molar-refractivity contribution in [1.82, 2.24) is 4.57 Å². The number of fused-ring (bicyclic) bond motifs is 3. The normalized spacial score (nSPS) is 10.7. The van der Waals surface area contributed by atoms with Gasteiger partial charge in [-0.2, -0.15) is 0 Å². The van der Waals surface area contributed by atoms with E-state index in [4.69, 9.17) is 5.11 Å². The van der Waals surface area contributed by atoms with Crippen molar-refractivity contribution in [3.8, 4) is 11.3 Å². The molecule has 0 atom stereocenters. The molecule has 1 N–H and O–H groups in total. The number of nitrogens with zero attached hydrogens (tertiary/aromatic N) is 1. The molecule has 0 aliphatic carbocycles. The van der Waals surface area contributed by atoms with Gasteiger partial charge in [-0.15, -0.1) is 0 Å². The van der Waals surface area contributed by atoms with Crippen LogP contribution in [0.25, 0.3) is 32.9 Å². The minimum Gasteiger partial charge on any atom is -0.481 e. The lowest BCUT2D eigenvalue weighted by Gasteiger charge is -2.04. The predicted octanol–water partition coefficient (Wildman–Crippen LogP) is 7.01. The second kappa shape index (κ2) is 9.52. The minimum atomic E-state index is -0.740. The number of aryl methyl sites for hydroxylation is 3. The van der Waals surface area contributed by atoms with Gasteiger partial charge in [-0.25, -0.2) is 0 Å². The summed E-state index contributed by atoms with van der Waals surface area (Å²) < 4.78 is 2.27. The third-order valence-electron chi connectivity index (χ3n) is 5.77. The van der Waals surface area contributed by atoms with Crippen molar-refractivity contribution in [3.05, 3.63) is 108 Å². The second-order valence-electron chi connectivity index (χ2n) is 8.05. The maximum absolute atomic E-state index is 10.2. The van der Waals surface area contributed by atoms with Crippen LogP contribution < -0.4 is 0 Å². The molecule has 0 saturated carbocycles. The summed E-state index contributed by atoms with van der Waals surface area (Å²) >= 11 is 0. The Morgan fingerprint density at radius 2 is 1.50 bits per heavy atom. The molecule has 3 nitrogen and oxygen atoms in total. The molecule has 0 aliphatic heterocycles. The monoisotopic (exact) mass is 421 g/mol. The van der Waals surface area contributed by atoms with Gasteiger partial charge in [-0.1, -0.05) is 90.5 Å². The smallest absolute Gasteiger partial charge is 0.303 e. The topological polar surface area (TPSA) is 42.2 Å². The summed E-state index contributed by atoms with van der Waals surface area (Å²) in [5.41, 5.74) is 6.09. The molecule has 0 aliphatic rings. The van der Waals surface area contributed by atoms with Gasteiger partial charge in [-0.05, 0) is 47.4 Å². The van der Waals surface area contributed by atoms with Crippen molar-refractivity contribution in [2.24, 2.45) is 7.05 Å². The Balaban J connectivity index is 0.000000176. The van der Waals surface area contributed by atoms with Gasteiger partial charge >= 0.3 is 5.97 Å². The molecule has 5 aromatic rings. The third kappa shape index (κ3) is 4.73. The first kappa shape index (κ1) is 21.4. The number of carbonyl (C=O) groups is 1. The molecule has 0 unspecified atom stereocenters. The fourth-order valence-corrected chi connectivity index (χ4v) is 3.98. The van der Waals surface area contributed by atoms with E-state index in [2.05, 4.69) is 84.4 Å². The zero-order valence-electron chi connectivity index (χ0n) is 18.5. The van der Waals surface area contributed by atoms with Crippen LogP contribution in [0.15, 0.2) is 97.1 Å². The predicted molar refractivity (Wildman–Crippen MR) is 133 cm³/mol. The molecule has 160 valence electrons. The summed E-state index contributed by atoms with van der Waals surface area (Å²) in [6, 6.07) is 33.8. The average Bonchev–Trinajstić information content (AvgIpc) is 3.16. The first-order chi connectivity index (χ1) is 15.5. The number of carboxylic acids is 1. The van der Waals surface area contributed by atoms with Crippen LogP contribution >= 0.6 is 0 Å². The van der Waals surface area contributed by atoms with Gasteiger partial charge in [0.05, 0.1) is 0 Å². The minimum absolute atomic E-state index is 0.211. The van der Waals surface area contributed by atoms with Crippen LogP contribution in [-0.4, -0.2) is 15.6 Å². The highest BCUT2D eigenvalue weighted by molar-refractivity contribution is 6.08. The molecule has 4 aromatic carbocycles. The van der Waals surface area contributed by atoms with Crippen LogP contribution in [-0.2, 0) is 18.3 Å². The Morgan fingerprint density at radius 3 is 2.22 bits per heavy atom. The maximum atomic E-state index is 10.2. The molecule has 0 saturated heterocycles. The van der Waals surface area contributed by atoms with E-state index < -0.39 is 5.97 Å². The summed E-state index contributed by atoms with van der Waals surface area (Å²) in [6.07, 6.45) is 0.832. The van der Waals surface area contributed by atoms with Gasteiger partial charge in [0.25, 0.3) is 0 Å². The Kier molecular flexibility index (Phi) is 6.37. The van der Waals surface area contributed by atoms with E-state index in [1.807, 2.05) is 31.2 Å². The lowest BCUT2D eigenvalue weighted by atomic mass is 10.1. The fraction of sp³-hybridized carbons (Fsp3) is 0.138. The standard InChI is InChI=1S/C19H15N.C10H12O2/c1-20-18-12-11-14-7-5-6-10-16(14)17(18)13-19(20)15-8-3-2-4-9-15;1-8-2-4-9(5-3-8)6-7-10(11)12/h2-13H,1H3;2-5H,6-7H2,1H3,(H,11,12). The van der Waals surface area contributed by atoms with E-state index >= 15 is 0 Å². The van der Waals surface area contributed by atoms with Gasteiger partial charge in [0.15, 0.2) is 0 Å². The molecule has 0 amide bonds. The summed E-state index contributed by atoms with van der Waals surface area (Å²) in [5, 5.41) is 12.4. The number of aromatic nitrogens is 1. The van der Waals surface area contributed by atoms with Crippen molar-refractivity contribution in [2.45, 2.75) is 19.8 Å². The SMILES string of the molecule is Cc1ccc(CCC(=O)O)cc1.Cn1c(-c2ccccc2)cc2c3ccccc3ccc21. The molecule has 5 rings (SSSR count). The van der Waals surface area contributed by atoms with Gasteiger partial charge < -0.3 is 9.67 Å². The lowest BCUT2D eigenvalue weighted by molar-refractivity contribution is -0.136. The van der Waals surface area contributed by atoms with E-state index in [-0.39, 0.29) is 6.42 Å². The number of hydrogen-bond acceptors (Lipinski definition) is 1. The molecular weight excluding hydrogens is 394 g/mol. The van der Waals surface area contributed by atoms with Crippen LogP contribution in [0.5, 0.6) is 0 Å². The van der Waals surface area contributed by atoms with Crippen LogP contribution in [0.4, 0.5) is 0 Å². The first-order valence-electron chi connectivity index (χ1n) is 10.8. The van der Waals surface area contributed by atoms with E-state index in [9.17, 15) is 4.79 Å². The van der Waals surface area contributed by atoms with Crippen LogP contribution in [0.2, 0.25) is 0 Å².